The fourth-order valence-corrected chi connectivity index (χ4v) is 3.31. The summed E-state index contributed by atoms with van der Waals surface area (Å²) in [6.45, 7) is 2.91. The zero-order valence-corrected chi connectivity index (χ0v) is 10.4. The van der Waals surface area contributed by atoms with Crippen LogP contribution in [0.25, 0.3) is 0 Å². The van der Waals surface area contributed by atoms with Gasteiger partial charge < -0.3 is 5.73 Å². The first kappa shape index (κ1) is 10.2. The normalized spacial score (nSPS) is 16.2. The molecule has 0 atom stereocenters. The minimum atomic E-state index is 0.746. The third kappa shape index (κ3) is 1.83. The second-order valence-electron chi connectivity index (χ2n) is 3.91. The Morgan fingerprint density at radius 1 is 1.50 bits per heavy atom. The fourth-order valence-electron chi connectivity index (χ4n) is 1.98. The first-order valence-corrected chi connectivity index (χ1v) is 6.82. The standard InChI is InChI=1S/C10H12N4S2/c11-10-8(12-13-16-10)6-14-3-1-9-7(5-14)2-4-15-9/h2,4H,1,3,5-6,11H2. The van der Waals surface area contributed by atoms with Crippen LogP contribution in [-0.4, -0.2) is 21.0 Å². The maximum absolute atomic E-state index is 5.80. The first-order valence-electron chi connectivity index (χ1n) is 5.17. The van der Waals surface area contributed by atoms with E-state index < -0.39 is 0 Å². The maximum Gasteiger partial charge on any atom is 0.132 e. The number of hydrogen-bond donors (Lipinski definition) is 1. The van der Waals surface area contributed by atoms with Crippen molar-refractivity contribution in [3.05, 3.63) is 27.6 Å². The van der Waals surface area contributed by atoms with Gasteiger partial charge in [0.15, 0.2) is 0 Å². The minimum absolute atomic E-state index is 0.746. The molecule has 2 N–H and O–H groups in total. The van der Waals surface area contributed by atoms with Gasteiger partial charge in [0.05, 0.1) is 0 Å². The second-order valence-corrected chi connectivity index (χ2v) is 5.70. The highest BCUT2D eigenvalue weighted by atomic mass is 32.1. The number of rotatable bonds is 2. The molecule has 0 aromatic carbocycles. The van der Waals surface area contributed by atoms with Crippen molar-refractivity contribution in [1.82, 2.24) is 14.5 Å². The highest BCUT2D eigenvalue weighted by Crippen LogP contribution is 2.25. The van der Waals surface area contributed by atoms with Crippen LogP contribution in [0.3, 0.4) is 0 Å². The smallest absolute Gasteiger partial charge is 0.132 e. The molecule has 0 spiro atoms. The molecule has 0 radical (unpaired) electrons. The van der Waals surface area contributed by atoms with Gasteiger partial charge in [-0.15, -0.1) is 16.4 Å². The summed E-state index contributed by atoms with van der Waals surface area (Å²) >= 11 is 3.13. The first-order chi connectivity index (χ1) is 7.83. The number of nitrogens with two attached hydrogens (primary N) is 1. The molecule has 16 heavy (non-hydrogen) atoms. The summed E-state index contributed by atoms with van der Waals surface area (Å²) in [6.07, 6.45) is 1.14. The molecule has 2 aromatic rings. The zero-order chi connectivity index (χ0) is 11.0. The third-order valence-electron chi connectivity index (χ3n) is 2.85. The highest BCUT2D eigenvalue weighted by Gasteiger charge is 2.18. The monoisotopic (exact) mass is 252 g/mol. The molecular formula is C10H12N4S2. The molecule has 0 fully saturated rings. The van der Waals surface area contributed by atoms with Crippen LogP contribution in [0.4, 0.5) is 5.00 Å². The third-order valence-corrected chi connectivity index (χ3v) is 4.46. The Bertz CT molecular complexity index is 490. The lowest BCUT2D eigenvalue weighted by atomic mass is 10.1. The van der Waals surface area contributed by atoms with Crippen molar-refractivity contribution >= 4 is 27.9 Å². The van der Waals surface area contributed by atoms with Gasteiger partial charge in [0.2, 0.25) is 0 Å². The molecule has 6 heteroatoms. The molecule has 0 unspecified atom stereocenters. The summed E-state index contributed by atoms with van der Waals surface area (Å²) < 4.78 is 3.86. The molecule has 0 saturated heterocycles. The van der Waals surface area contributed by atoms with Crippen LogP contribution in [0.15, 0.2) is 11.4 Å². The van der Waals surface area contributed by atoms with E-state index in [1.165, 1.54) is 22.0 Å². The van der Waals surface area contributed by atoms with Gasteiger partial charge in [-0.3, -0.25) is 4.90 Å². The molecule has 4 nitrogen and oxygen atoms in total. The van der Waals surface area contributed by atoms with E-state index in [2.05, 4.69) is 25.9 Å². The van der Waals surface area contributed by atoms with E-state index in [0.29, 0.717) is 0 Å². The molecule has 0 amide bonds. The Morgan fingerprint density at radius 3 is 3.25 bits per heavy atom. The van der Waals surface area contributed by atoms with Gasteiger partial charge in [0.25, 0.3) is 0 Å². The van der Waals surface area contributed by atoms with Crippen molar-refractivity contribution < 1.29 is 0 Å². The Morgan fingerprint density at radius 2 is 2.44 bits per heavy atom. The van der Waals surface area contributed by atoms with Crippen LogP contribution in [-0.2, 0) is 19.5 Å². The molecule has 0 saturated carbocycles. The quantitative estimate of drug-likeness (QED) is 0.884. The maximum atomic E-state index is 5.80. The second kappa shape index (κ2) is 4.12. The Labute approximate surface area is 102 Å². The van der Waals surface area contributed by atoms with Crippen LogP contribution >= 0.6 is 22.9 Å². The van der Waals surface area contributed by atoms with Crippen LogP contribution in [0, 0.1) is 0 Å². The summed E-state index contributed by atoms with van der Waals surface area (Å²) in [6, 6.07) is 2.22. The van der Waals surface area contributed by atoms with Crippen molar-refractivity contribution in [3.63, 3.8) is 0 Å². The Hall–Kier alpha value is -0.980. The molecule has 2 aromatic heterocycles. The number of hydrogen-bond acceptors (Lipinski definition) is 6. The summed E-state index contributed by atoms with van der Waals surface area (Å²) in [5.74, 6) is 0. The average Bonchev–Trinajstić information content (AvgIpc) is 2.88. The van der Waals surface area contributed by atoms with Gasteiger partial charge in [0.1, 0.15) is 10.7 Å². The zero-order valence-electron chi connectivity index (χ0n) is 8.72. The van der Waals surface area contributed by atoms with Crippen molar-refractivity contribution in [2.24, 2.45) is 0 Å². The van der Waals surface area contributed by atoms with Gasteiger partial charge in [-0.25, -0.2) is 0 Å². The van der Waals surface area contributed by atoms with Gasteiger partial charge >= 0.3 is 0 Å². The van der Waals surface area contributed by atoms with E-state index in [1.807, 2.05) is 11.3 Å². The van der Waals surface area contributed by atoms with E-state index in [0.717, 1.165) is 36.8 Å². The molecule has 3 rings (SSSR count). The van der Waals surface area contributed by atoms with E-state index in [-0.39, 0.29) is 0 Å². The van der Waals surface area contributed by atoms with Gasteiger partial charge in [0, 0.05) is 36.0 Å². The van der Waals surface area contributed by atoms with Crippen LogP contribution < -0.4 is 5.73 Å². The summed E-state index contributed by atoms with van der Waals surface area (Å²) in [7, 11) is 0. The van der Waals surface area contributed by atoms with E-state index in [4.69, 9.17) is 5.73 Å². The Kier molecular flexibility index (Phi) is 2.62. The van der Waals surface area contributed by atoms with Crippen molar-refractivity contribution in [1.29, 1.82) is 0 Å². The van der Waals surface area contributed by atoms with Gasteiger partial charge in [-0.2, -0.15) is 0 Å². The lowest BCUT2D eigenvalue weighted by Gasteiger charge is -2.25. The number of fused-ring (bicyclic) bond motifs is 1. The van der Waals surface area contributed by atoms with Crippen LogP contribution in [0.2, 0.25) is 0 Å². The van der Waals surface area contributed by atoms with Crippen molar-refractivity contribution in [2.75, 3.05) is 12.3 Å². The predicted octanol–water partition coefficient (Wildman–Crippen LogP) is 1.74. The van der Waals surface area contributed by atoms with Crippen molar-refractivity contribution in [3.8, 4) is 0 Å². The van der Waals surface area contributed by atoms with Crippen LogP contribution in [0.1, 0.15) is 16.1 Å². The van der Waals surface area contributed by atoms with E-state index >= 15 is 0 Å². The van der Waals surface area contributed by atoms with Gasteiger partial charge in [-0.05, 0) is 23.4 Å². The number of aromatic nitrogens is 2. The average molecular weight is 252 g/mol. The minimum Gasteiger partial charge on any atom is -0.388 e. The predicted molar refractivity (Wildman–Crippen MR) is 66.5 cm³/mol. The SMILES string of the molecule is Nc1snnc1CN1CCc2sccc2C1. The highest BCUT2D eigenvalue weighted by molar-refractivity contribution is 7.10. The summed E-state index contributed by atoms with van der Waals surface area (Å²) in [5.41, 5.74) is 8.18. The summed E-state index contributed by atoms with van der Waals surface area (Å²) in [4.78, 5) is 3.91. The Balaban J connectivity index is 1.73. The van der Waals surface area contributed by atoms with E-state index in [9.17, 15) is 0 Å². The number of nitrogen functional groups attached to an aromatic ring is 1. The molecular weight excluding hydrogens is 240 g/mol. The molecule has 1 aliphatic heterocycles. The molecule has 3 heterocycles. The molecule has 0 aliphatic carbocycles. The van der Waals surface area contributed by atoms with Gasteiger partial charge in [-0.1, -0.05) is 4.49 Å². The number of anilines is 1. The molecule has 0 bridgehead atoms. The van der Waals surface area contributed by atoms with Crippen LogP contribution in [0.5, 0.6) is 0 Å². The van der Waals surface area contributed by atoms with Crippen molar-refractivity contribution in [2.45, 2.75) is 19.5 Å². The lowest BCUT2D eigenvalue weighted by molar-refractivity contribution is 0.245. The fraction of sp³-hybridized carbons (Fsp3) is 0.400. The topological polar surface area (TPSA) is 55.0 Å². The summed E-state index contributed by atoms with van der Waals surface area (Å²) in [5, 5.41) is 6.98. The number of thiophene rings is 1. The van der Waals surface area contributed by atoms with E-state index in [1.54, 1.807) is 0 Å². The molecule has 1 aliphatic rings. The molecule has 84 valence electrons. The largest absolute Gasteiger partial charge is 0.388 e. The lowest BCUT2D eigenvalue weighted by Crippen LogP contribution is -2.29. The number of nitrogens with zero attached hydrogens (tertiary/aromatic N) is 3.